The average molecular weight is 304 g/mol. The zero-order valence-corrected chi connectivity index (χ0v) is 12.0. The third-order valence-electron chi connectivity index (χ3n) is 2.33. The van der Waals surface area contributed by atoms with Crippen molar-refractivity contribution in [1.29, 1.82) is 5.26 Å². The van der Waals surface area contributed by atoms with Gasteiger partial charge in [-0.05, 0) is 25.0 Å². The summed E-state index contributed by atoms with van der Waals surface area (Å²) in [5, 5.41) is 8.75. The van der Waals surface area contributed by atoms with Crippen molar-refractivity contribution in [1.82, 2.24) is 0 Å². The van der Waals surface area contributed by atoms with Gasteiger partial charge in [0.05, 0.1) is 31.1 Å². The molecule has 1 rings (SSSR count). The van der Waals surface area contributed by atoms with Crippen LogP contribution in [0, 0.1) is 11.3 Å². The molecule has 19 heavy (non-hydrogen) atoms. The third kappa shape index (κ3) is 5.81. The van der Waals surface area contributed by atoms with E-state index < -0.39 is 9.05 Å². The second-order valence-electron chi connectivity index (χ2n) is 3.78. The number of benzene rings is 1. The Labute approximate surface area is 117 Å². The van der Waals surface area contributed by atoms with Crippen molar-refractivity contribution in [2.45, 2.75) is 12.8 Å². The first kappa shape index (κ1) is 15.6. The molecule has 0 aliphatic heterocycles. The molecular formula is C12H14ClNO4S. The molecule has 0 aromatic heterocycles. The van der Waals surface area contributed by atoms with E-state index in [4.69, 9.17) is 25.4 Å². The third-order valence-corrected chi connectivity index (χ3v) is 3.57. The molecule has 0 fully saturated rings. The Hall–Kier alpha value is -1.45. The predicted molar refractivity (Wildman–Crippen MR) is 72.1 cm³/mol. The van der Waals surface area contributed by atoms with Gasteiger partial charge in [0.15, 0.2) is 11.5 Å². The molecule has 0 aliphatic rings. The molecule has 0 unspecified atom stereocenters. The number of nitrogens with zero attached hydrogens (tertiary/aromatic N) is 1. The van der Waals surface area contributed by atoms with Crippen LogP contribution in [0.3, 0.4) is 0 Å². The number of ether oxygens (including phenoxy) is 2. The molecule has 1 aromatic carbocycles. The van der Waals surface area contributed by atoms with Crippen LogP contribution in [0.4, 0.5) is 0 Å². The summed E-state index contributed by atoms with van der Waals surface area (Å²) < 4.78 is 32.0. The molecule has 5 nitrogen and oxygen atoms in total. The summed E-state index contributed by atoms with van der Waals surface area (Å²) in [7, 11) is 3.15. The lowest BCUT2D eigenvalue weighted by Gasteiger charge is -2.10. The Morgan fingerprint density at radius 2 is 2.05 bits per heavy atom. The summed E-state index contributed by atoms with van der Waals surface area (Å²) in [6.45, 7) is 0.356. The standard InChI is InChI=1S/C12H14ClNO4S/c1-17-12-8-10(9-14)4-5-11(12)18-6-2-3-7-19(13,15)16/h4-5,8H,2-3,6-7H2,1H3. The maximum Gasteiger partial charge on any atom is 0.232 e. The Balaban J connectivity index is 2.48. The van der Waals surface area contributed by atoms with E-state index in [9.17, 15) is 8.42 Å². The van der Waals surface area contributed by atoms with Gasteiger partial charge < -0.3 is 9.47 Å². The molecule has 0 amide bonds. The number of unbranched alkanes of at least 4 members (excludes halogenated alkanes) is 1. The lowest BCUT2D eigenvalue weighted by Crippen LogP contribution is -2.03. The Morgan fingerprint density at radius 1 is 1.32 bits per heavy atom. The van der Waals surface area contributed by atoms with E-state index in [1.54, 1.807) is 18.2 Å². The molecule has 0 saturated carbocycles. The molecule has 0 bridgehead atoms. The van der Waals surface area contributed by atoms with E-state index in [0.717, 1.165) is 0 Å². The van der Waals surface area contributed by atoms with Gasteiger partial charge in [-0.2, -0.15) is 5.26 Å². The van der Waals surface area contributed by atoms with Gasteiger partial charge in [0.25, 0.3) is 0 Å². The Morgan fingerprint density at radius 3 is 2.63 bits per heavy atom. The van der Waals surface area contributed by atoms with Crippen LogP contribution >= 0.6 is 10.7 Å². The van der Waals surface area contributed by atoms with E-state index in [0.29, 0.717) is 36.5 Å². The first-order valence-electron chi connectivity index (χ1n) is 5.59. The summed E-state index contributed by atoms with van der Waals surface area (Å²) in [6.07, 6.45) is 1.000. The van der Waals surface area contributed by atoms with Crippen molar-refractivity contribution in [2.24, 2.45) is 0 Å². The van der Waals surface area contributed by atoms with Crippen LogP contribution in [-0.2, 0) is 9.05 Å². The Kier molecular flexibility index (Phi) is 5.93. The van der Waals surface area contributed by atoms with Crippen molar-refractivity contribution in [3.05, 3.63) is 23.8 Å². The number of nitriles is 1. The molecular weight excluding hydrogens is 290 g/mol. The SMILES string of the molecule is COc1cc(C#N)ccc1OCCCCS(=O)(=O)Cl. The van der Waals surface area contributed by atoms with Crippen LogP contribution in [0.5, 0.6) is 11.5 Å². The highest BCUT2D eigenvalue weighted by atomic mass is 35.7. The van der Waals surface area contributed by atoms with Crippen molar-refractivity contribution < 1.29 is 17.9 Å². The van der Waals surface area contributed by atoms with E-state index >= 15 is 0 Å². The summed E-state index contributed by atoms with van der Waals surface area (Å²) >= 11 is 0. The van der Waals surface area contributed by atoms with Crippen molar-refractivity contribution >= 4 is 19.7 Å². The number of methoxy groups -OCH3 is 1. The number of hydrogen-bond donors (Lipinski definition) is 0. The largest absolute Gasteiger partial charge is 0.493 e. The van der Waals surface area contributed by atoms with Crippen molar-refractivity contribution in [3.63, 3.8) is 0 Å². The molecule has 0 saturated heterocycles. The van der Waals surface area contributed by atoms with E-state index in [-0.39, 0.29) is 5.75 Å². The van der Waals surface area contributed by atoms with Gasteiger partial charge in [0.1, 0.15) is 0 Å². The quantitative estimate of drug-likeness (QED) is 0.570. The normalized spacial score (nSPS) is 10.8. The van der Waals surface area contributed by atoms with E-state index in [1.165, 1.54) is 7.11 Å². The van der Waals surface area contributed by atoms with Gasteiger partial charge in [-0.3, -0.25) is 0 Å². The van der Waals surface area contributed by atoms with Crippen LogP contribution in [0.2, 0.25) is 0 Å². The second kappa shape index (κ2) is 7.22. The first-order valence-corrected chi connectivity index (χ1v) is 8.07. The monoisotopic (exact) mass is 303 g/mol. The zero-order chi connectivity index (χ0) is 14.3. The van der Waals surface area contributed by atoms with Crippen LogP contribution in [-0.4, -0.2) is 27.9 Å². The van der Waals surface area contributed by atoms with Crippen LogP contribution in [0.15, 0.2) is 18.2 Å². The van der Waals surface area contributed by atoms with Crippen molar-refractivity contribution in [2.75, 3.05) is 19.5 Å². The fourth-order valence-corrected chi connectivity index (χ4v) is 2.29. The molecule has 0 N–H and O–H groups in total. The molecule has 0 spiro atoms. The van der Waals surface area contributed by atoms with Crippen LogP contribution in [0.1, 0.15) is 18.4 Å². The maximum absolute atomic E-state index is 10.7. The molecule has 0 aliphatic carbocycles. The molecule has 104 valence electrons. The smallest absolute Gasteiger partial charge is 0.232 e. The van der Waals surface area contributed by atoms with Gasteiger partial charge in [0, 0.05) is 16.7 Å². The first-order chi connectivity index (χ1) is 8.96. The molecule has 0 radical (unpaired) electrons. The highest BCUT2D eigenvalue weighted by molar-refractivity contribution is 8.13. The summed E-state index contributed by atoms with van der Waals surface area (Å²) in [4.78, 5) is 0. The number of hydrogen-bond acceptors (Lipinski definition) is 5. The van der Waals surface area contributed by atoms with Crippen LogP contribution < -0.4 is 9.47 Å². The molecule has 0 atom stereocenters. The van der Waals surface area contributed by atoms with Gasteiger partial charge in [-0.1, -0.05) is 0 Å². The van der Waals surface area contributed by atoms with Gasteiger partial charge >= 0.3 is 0 Å². The van der Waals surface area contributed by atoms with Crippen molar-refractivity contribution in [3.8, 4) is 17.6 Å². The van der Waals surface area contributed by atoms with Crippen LogP contribution in [0.25, 0.3) is 0 Å². The number of halogens is 1. The van der Waals surface area contributed by atoms with Gasteiger partial charge in [-0.25, -0.2) is 8.42 Å². The molecule has 7 heteroatoms. The summed E-state index contributed by atoms with van der Waals surface area (Å²) in [5.74, 6) is 0.932. The lowest BCUT2D eigenvalue weighted by atomic mass is 10.2. The molecule has 0 heterocycles. The second-order valence-corrected chi connectivity index (χ2v) is 6.67. The average Bonchev–Trinajstić information content (AvgIpc) is 2.37. The minimum atomic E-state index is -3.44. The Bertz CT molecular complexity index is 566. The number of rotatable bonds is 7. The van der Waals surface area contributed by atoms with E-state index in [2.05, 4.69) is 0 Å². The molecule has 1 aromatic rings. The maximum atomic E-state index is 10.7. The van der Waals surface area contributed by atoms with Gasteiger partial charge in [-0.15, -0.1) is 0 Å². The fourth-order valence-electron chi connectivity index (χ4n) is 1.42. The van der Waals surface area contributed by atoms with E-state index in [1.807, 2.05) is 6.07 Å². The highest BCUT2D eigenvalue weighted by Gasteiger charge is 2.07. The summed E-state index contributed by atoms with van der Waals surface area (Å²) in [6, 6.07) is 6.86. The highest BCUT2D eigenvalue weighted by Crippen LogP contribution is 2.27. The minimum Gasteiger partial charge on any atom is -0.493 e. The minimum absolute atomic E-state index is 0.0670. The summed E-state index contributed by atoms with van der Waals surface area (Å²) in [5.41, 5.74) is 0.484. The fraction of sp³-hybridized carbons (Fsp3) is 0.417. The van der Waals surface area contributed by atoms with Gasteiger partial charge in [0.2, 0.25) is 9.05 Å². The topological polar surface area (TPSA) is 76.4 Å². The predicted octanol–water partition coefficient (Wildman–Crippen LogP) is 2.29. The lowest BCUT2D eigenvalue weighted by molar-refractivity contribution is 0.288. The zero-order valence-electron chi connectivity index (χ0n) is 10.4.